The molecular formula is C34H45N5O4S. The summed E-state index contributed by atoms with van der Waals surface area (Å²) < 4.78 is 0. The quantitative estimate of drug-likeness (QED) is 0.261. The molecule has 1 aliphatic carbocycles. The topological polar surface area (TPSA) is 118 Å². The van der Waals surface area contributed by atoms with Gasteiger partial charge in [-0.25, -0.2) is 4.98 Å². The van der Waals surface area contributed by atoms with E-state index in [1.54, 1.807) is 11.3 Å². The van der Waals surface area contributed by atoms with Crippen LogP contribution < -0.4 is 10.6 Å². The highest BCUT2D eigenvalue weighted by molar-refractivity contribution is 7.07. The summed E-state index contributed by atoms with van der Waals surface area (Å²) in [6.07, 6.45) is -0.326. The summed E-state index contributed by atoms with van der Waals surface area (Å²) in [4.78, 5) is 36.0. The second kappa shape index (κ2) is 14.3. The number of carbonyl (C=O) groups is 2. The summed E-state index contributed by atoms with van der Waals surface area (Å²) in [6, 6.07) is 16.7. The number of β-amino-alcohol motifs (C(OH)–C–C–N with tert-alkyl or cyclic N) is 1. The van der Waals surface area contributed by atoms with Gasteiger partial charge in [-0.05, 0) is 50.3 Å². The molecule has 3 unspecified atom stereocenters. The fourth-order valence-electron chi connectivity index (χ4n) is 6.36. The predicted molar refractivity (Wildman–Crippen MR) is 172 cm³/mol. The van der Waals surface area contributed by atoms with Crippen molar-refractivity contribution in [1.82, 2.24) is 25.4 Å². The van der Waals surface area contributed by atoms with Crippen LogP contribution in [-0.2, 0) is 29.0 Å². The molecule has 0 radical (unpaired) electrons. The van der Waals surface area contributed by atoms with E-state index in [0.29, 0.717) is 32.5 Å². The van der Waals surface area contributed by atoms with Gasteiger partial charge in [0.15, 0.2) is 0 Å². The molecule has 1 fully saturated rings. The van der Waals surface area contributed by atoms with Crippen LogP contribution in [0.5, 0.6) is 0 Å². The molecule has 3 aromatic rings. The van der Waals surface area contributed by atoms with Crippen molar-refractivity contribution >= 4 is 23.2 Å². The number of fused-ring (bicyclic) bond motifs is 1. The van der Waals surface area contributed by atoms with E-state index < -0.39 is 30.2 Å². The van der Waals surface area contributed by atoms with Crippen molar-refractivity contribution in [3.8, 4) is 0 Å². The first kappa shape index (κ1) is 32.2. The third-order valence-corrected chi connectivity index (χ3v) is 9.08. The zero-order valence-corrected chi connectivity index (χ0v) is 26.7. The van der Waals surface area contributed by atoms with E-state index >= 15 is 0 Å². The highest BCUT2D eigenvalue weighted by atomic mass is 32.1. The first-order valence-corrected chi connectivity index (χ1v) is 16.4. The molecule has 5 atom stereocenters. The number of thiazole rings is 1. The average molecular weight is 620 g/mol. The van der Waals surface area contributed by atoms with E-state index in [1.165, 1.54) is 0 Å². The van der Waals surface area contributed by atoms with Crippen LogP contribution in [0.1, 0.15) is 55.6 Å². The minimum atomic E-state index is -0.828. The van der Waals surface area contributed by atoms with E-state index in [9.17, 15) is 19.8 Å². The van der Waals surface area contributed by atoms with E-state index in [-0.39, 0.29) is 30.3 Å². The third-order valence-electron chi connectivity index (χ3n) is 8.44. The second-order valence-electron chi connectivity index (χ2n) is 13.2. The number of piperazine rings is 1. The highest BCUT2D eigenvalue weighted by Crippen LogP contribution is 2.32. The van der Waals surface area contributed by atoms with E-state index in [0.717, 1.165) is 28.9 Å². The molecule has 0 spiro atoms. The van der Waals surface area contributed by atoms with Crippen molar-refractivity contribution in [2.24, 2.45) is 5.92 Å². The van der Waals surface area contributed by atoms with Crippen molar-refractivity contribution in [3.05, 3.63) is 87.9 Å². The molecule has 236 valence electrons. The first-order chi connectivity index (χ1) is 21.1. The number of rotatable bonds is 11. The Balaban J connectivity index is 1.28. The zero-order valence-electron chi connectivity index (χ0n) is 25.9. The van der Waals surface area contributed by atoms with Gasteiger partial charge in [0.1, 0.15) is 6.04 Å². The van der Waals surface area contributed by atoms with Gasteiger partial charge in [-0.3, -0.25) is 19.4 Å². The maximum absolute atomic E-state index is 13.8. The van der Waals surface area contributed by atoms with Crippen LogP contribution in [0.4, 0.5) is 0 Å². The van der Waals surface area contributed by atoms with Gasteiger partial charge in [-0.1, -0.05) is 54.6 Å². The molecule has 5 rings (SSSR count). The van der Waals surface area contributed by atoms with Crippen LogP contribution in [0, 0.1) is 5.92 Å². The summed E-state index contributed by atoms with van der Waals surface area (Å²) in [5.41, 5.74) is 5.41. The normalized spacial score (nSPS) is 22.2. The molecule has 1 saturated heterocycles. The summed E-state index contributed by atoms with van der Waals surface area (Å²) >= 11 is 1.56. The summed E-state index contributed by atoms with van der Waals surface area (Å²) in [6.45, 7) is 8.74. The van der Waals surface area contributed by atoms with Crippen molar-refractivity contribution in [2.75, 3.05) is 26.2 Å². The third kappa shape index (κ3) is 8.51. The minimum absolute atomic E-state index is 0.0693. The SMILES string of the molecule is CC(C)(C)NC(=O)C1CN(Cc2cscn2)CCN1CC(O)CC(Cc1ccccc1)C(=O)N[C@H]1c2ccccc2C[C@H]1O. The van der Waals surface area contributed by atoms with Crippen molar-refractivity contribution in [3.63, 3.8) is 0 Å². The number of hydrogen-bond acceptors (Lipinski definition) is 8. The van der Waals surface area contributed by atoms with E-state index in [1.807, 2.05) is 86.3 Å². The Morgan fingerprint density at radius 1 is 1.09 bits per heavy atom. The molecule has 9 nitrogen and oxygen atoms in total. The first-order valence-electron chi connectivity index (χ1n) is 15.5. The number of nitrogens with one attached hydrogen (secondary N) is 2. The molecule has 1 aromatic heterocycles. The zero-order chi connectivity index (χ0) is 31.3. The van der Waals surface area contributed by atoms with Crippen molar-refractivity contribution in [1.29, 1.82) is 0 Å². The molecule has 4 N–H and O–H groups in total. The van der Waals surface area contributed by atoms with Crippen LogP contribution in [-0.4, -0.2) is 86.8 Å². The Morgan fingerprint density at radius 3 is 2.57 bits per heavy atom. The lowest BCUT2D eigenvalue weighted by atomic mass is 9.91. The number of benzene rings is 2. The maximum atomic E-state index is 13.8. The largest absolute Gasteiger partial charge is 0.392 e. The van der Waals surface area contributed by atoms with Crippen molar-refractivity contribution < 1.29 is 19.8 Å². The molecule has 0 bridgehead atoms. The number of aliphatic hydroxyl groups is 2. The number of nitrogens with zero attached hydrogens (tertiary/aromatic N) is 3. The lowest BCUT2D eigenvalue weighted by Gasteiger charge is -2.42. The number of aromatic nitrogens is 1. The second-order valence-corrected chi connectivity index (χ2v) is 13.9. The van der Waals surface area contributed by atoms with Crippen LogP contribution in [0.15, 0.2) is 65.5 Å². The molecule has 2 amide bonds. The van der Waals surface area contributed by atoms with E-state index in [4.69, 9.17) is 0 Å². The summed E-state index contributed by atoms with van der Waals surface area (Å²) in [5.74, 6) is -0.774. The number of hydrogen-bond donors (Lipinski definition) is 4. The molecule has 0 saturated carbocycles. The number of aliphatic hydroxyl groups excluding tert-OH is 2. The van der Waals surface area contributed by atoms with Crippen molar-refractivity contribution in [2.45, 2.75) is 76.4 Å². The molecule has 44 heavy (non-hydrogen) atoms. The molecule has 2 heterocycles. The highest BCUT2D eigenvalue weighted by Gasteiger charge is 2.37. The smallest absolute Gasteiger partial charge is 0.239 e. The van der Waals surface area contributed by atoms with Gasteiger partial charge in [0.2, 0.25) is 11.8 Å². The van der Waals surface area contributed by atoms with Gasteiger partial charge in [0.25, 0.3) is 0 Å². The number of amides is 2. The monoisotopic (exact) mass is 619 g/mol. The predicted octanol–water partition coefficient (Wildman–Crippen LogP) is 2.93. The maximum Gasteiger partial charge on any atom is 0.239 e. The average Bonchev–Trinajstić information content (AvgIpc) is 3.60. The molecular weight excluding hydrogens is 574 g/mol. The lowest BCUT2D eigenvalue weighted by molar-refractivity contribution is -0.132. The van der Waals surface area contributed by atoms with Crippen LogP contribution in [0.2, 0.25) is 0 Å². The van der Waals surface area contributed by atoms with Gasteiger partial charge in [0.05, 0.1) is 29.5 Å². The molecule has 1 aliphatic heterocycles. The van der Waals surface area contributed by atoms with Crippen LogP contribution in [0.25, 0.3) is 0 Å². The fourth-order valence-corrected chi connectivity index (χ4v) is 6.91. The minimum Gasteiger partial charge on any atom is -0.392 e. The Labute approximate surface area is 264 Å². The standard InChI is InChI=1S/C34H45N5O4S/c1-34(2,3)37-33(43)29-20-38(18-26-21-44-22-35-26)13-14-39(29)19-27(40)16-25(15-23-9-5-4-6-10-23)32(42)36-31-28-12-8-7-11-24(28)17-30(31)41/h4-12,21-22,25,27,29-31,40-41H,13-20H2,1-3H3,(H,36,42)(H,37,43)/t25?,27?,29?,30-,31+/m1/s1. The van der Waals surface area contributed by atoms with E-state index in [2.05, 4.69) is 25.4 Å². The van der Waals surface area contributed by atoms with Gasteiger partial charge >= 0.3 is 0 Å². The van der Waals surface area contributed by atoms with Gasteiger partial charge in [-0.15, -0.1) is 11.3 Å². The van der Waals surface area contributed by atoms with Crippen LogP contribution >= 0.6 is 11.3 Å². The van der Waals surface area contributed by atoms with Gasteiger partial charge in [0, 0.05) is 56.0 Å². The molecule has 2 aliphatic rings. The fraction of sp³-hybridized carbons (Fsp3) is 0.500. The Bertz CT molecular complexity index is 1380. The number of carbonyl (C=O) groups excluding carboxylic acids is 2. The Morgan fingerprint density at radius 2 is 1.84 bits per heavy atom. The Hall–Kier alpha value is -3.15. The summed E-state index contributed by atoms with van der Waals surface area (Å²) in [7, 11) is 0. The Kier molecular flexibility index (Phi) is 10.5. The summed E-state index contributed by atoms with van der Waals surface area (Å²) in [5, 5.41) is 30.5. The van der Waals surface area contributed by atoms with Gasteiger partial charge < -0.3 is 20.8 Å². The molecule has 2 aromatic carbocycles. The lowest BCUT2D eigenvalue weighted by Crippen LogP contribution is -2.61. The molecule has 10 heteroatoms. The van der Waals surface area contributed by atoms with Crippen LogP contribution in [0.3, 0.4) is 0 Å². The van der Waals surface area contributed by atoms with Gasteiger partial charge in [-0.2, -0.15) is 0 Å².